The molecule has 0 atom stereocenters. The molecule has 0 heterocycles. The molecule has 138 valence electrons. The number of rotatable bonds is 6. The minimum absolute atomic E-state index is 0.0524. The van der Waals surface area contributed by atoms with Gasteiger partial charge >= 0.3 is 11.9 Å². The van der Waals surface area contributed by atoms with Gasteiger partial charge in [0.1, 0.15) is 0 Å². The number of hydrogen-bond donors (Lipinski definition) is 0. The molecule has 26 heavy (non-hydrogen) atoms. The average molecular weight is 370 g/mol. The third kappa shape index (κ3) is 4.21. The SMILES string of the molecule is CCOc1cc(C(=O)[O-])ccc1Oc1ccc(C(F)(F)F)cc1[N+](=O)[O-]. The molecule has 10 heteroatoms. The summed E-state index contributed by atoms with van der Waals surface area (Å²) in [5.74, 6) is -2.08. The highest BCUT2D eigenvalue weighted by molar-refractivity contribution is 5.86. The third-order valence-corrected chi connectivity index (χ3v) is 3.18. The molecule has 0 aliphatic carbocycles. The van der Waals surface area contributed by atoms with E-state index in [9.17, 15) is 33.2 Å². The first kappa shape index (κ1) is 19.0. The Morgan fingerprint density at radius 3 is 2.31 bits per heavy atom. The van der Waals surface area contributed by atoms with Crippen molar-refractivity contribution in [2.24, 2.45) is 0 Å². The molecule has 0 saturated carbocycles. The molecule has 2 rings (SSSR count). The molecule has 0 spiro atoms. The van der Waals surface area contributed by atoms with Crippen molar-refractivity contribution in [3.05, 3.63) is 57.6 Å². The van der Waals surface area contributed by atoms with Gasteiger partial charge in [-0.15, -0.1) is 0 Å². The number of halogens is 3. The second-order valence-corrected chi connectivity index (χ2v) is 4.92. The lowest BCUT2D eigenvalue weighted by atomic mass is 10.1. The van der Waals surface area contributed by atoms with Crippen LogP contribution in [0.5, 0.6) is 17.2 Å². The minimum atomic E-state index is -4.75. The van der Waals surface area contributed by atoms with Crippen molar-refractivity contribution in [3.63, 3.8) is 0 Å². The summed E-state index contributed by atoms with van der Waals surface area (Å²) < 4.78 is 48.7. The molecule has 2 aromatic carbocycles. The Morgan fingerprint density at radius 1 is 1.12 bits per heavy atom. The number of ether oxygens (including phenoxy) is 2. The van der Waals surface area contributed by atoms with E-state index in [4.69, 9.17) is 9.47 Å². The van der Waals surface area contributed by atoms with Crippen molar-refractivity contribution >= 4 is 11.7 Å². The van der Waals surface area contributed by atoms with Crippen molar-refractivity contribution in [1.82, 2.24) is 0 Å². The Balaban J connectivity index is 2.47. The van der Waals surface area contributed by atoms with Gasteiger partial charge < -0.3 is 19.4 Å². The maximum Gasteiger partial charge on any atom is 0.416 e. The molecule has 0 N–H and O–H groups in total. The Labute approximate surface area is 144 Å². The Bertz CT molecular complexity index is 850. The summed E-state index contributed by atoms with van der Waals surface area (Å²) in [6.45, 7) is 1.73. The standard InChI is InChI=1S/C16H12F3NO6/c1-2-25-14-7-9(15(21)22)3-5-13(14)26-12-6-4-10(16(17,18)19)8-11(12)20(23)24/h3-8H,2H2,1H3,(H,21,22)/p-1. The molecule has 0 aliphatic heterocycles. The first-order valence-corrected chi connectivity index (χ1v) is 7.15. The summed E-state index contributed by atoms with van der Waals surface area (Å²) in [5, 5.41) is 22.0. The van der Waals surface area contributed by atoms with Crippen molar-refractivity contribution in [1.29, 1.82) is 0 Å². The van der Waals surface area contributed by atoms with Gasteiger partial charge in [0.2, 0.25) is 5.75 Å². The zero-order valence-electron chi connectivity index (χ0n) is 13.2. The normalized spacial score (nSPS) is 11.1. The number of nitro groups is 1. The highest BCUT2D eigenvalue weighted by Crippen LogP contribution is 2.40. The van der Waals surface area contributed by atoms with Gasteiger partial charge in [0.05, 0.1) is 23.1 Å². The minimum Gasteiger partial charge on any atom is -0.545 e. The van der Waals surface area contributed by atoms with E-state index in [1.165, 1.54) is 0 Å². The van der Waals surface area contributed by atoms with Gasteiger partial charge in [-0.05, 0) is 37.3 Å². The summed E-state index contributed by atoms with van der Waals surface area (Å²) in [6.07, 6.45) is -4.75. The van der Waals surface area contributed by atoms with Crippen LogP contribution in [0.3, 0.4) is 0 Å². The van der Waals surface area contributed by atoms with Gasteiger partial charge in [-0.1, -0.05) is 0 Å². The van der Waals surface area contributed by atoms with Gasteiger partial charge in [0.15, 0.2) is 11.5 Å². The number of carbonyl (C=O) groups excluding carboxylic acids is 1. The highest BCUT2D eigenvalue weighted by atomic mass is 19.4. The smallest absolute Gasteiger partial charge is 0.416 e. The topological polar surface area (TPSA) is 102 Å². The van der Waals surface area contributed by atoms with Gasteiger partial charge in [-0.3, -0.25) is 10.1 Å². The highest BCUT2D eigenvalue weighted by Gasteiger charge is 2.33. The Hall–Kier alpha value is -3.30. The van der Waals surface area contributed by atoms with Crippen LogP contribution in [0.1, 0.15) is 22.8 Å². The van der Waals surface area contributed by atoms with E-state index in [1.54, 1.807) is 6.92 Å². The van der Waals surface area contributed by atoms with E-state index in [-0.39, 0.29) is 23.7 Å². The molecular weight excluding hydrogens is 359 g/mol. The summed E-state index contributed by atoms with van der Waals surface area (Å²) in [7, 11) is 0. The lowest BCUT2D eigenvalue weighted by molar-refractivity contribution is -0.385. The largest absolute Gasteiger partial charge is 0.545 e. The number of carboxylic acid groups (broad SMARTS) is 1. The number of nitrogens with zero attached hydrogens (tertiary/aromatic N) is 1. The van der Waals surface area contributed by atoms with E-state index in [2.05, 4.69) is 0 Å². The fourth-order valence-corrected chi connectivity index (χ4v) is 2.03. The van der Waals surface area contributed by atoms with Gasteiger partial charge in [-0.2, -0.15) is 13.2 Å². The lowest BCUT2D eigenvalue weighted by Crippen LogP contribution is -2.22. The fourth-order valence-electron chi connectivity index (χ4n) is 2.03. The summed E-state index contributed by atoms with van der Waals surface area (Å²) in [5.41, 5.74) is -2.32. The van der Waals surface area contributed by atoms with Crippen molar-refractivity contribution < 1.29 is 37.5 Å². The molecule has 0 fully saturated rings. The van der Waals surface area contributed by atoms with Gasteiger partial charge in [-0.25, -0.2) is 0 Å². The molecule has 0 unspecified atom stereocenters. The number of carboxylic acids is 1. The summed E-state index contributed by atoms with van der Waals surface area (Å²) >= 11 is 0. The number of nitro benzene ring substituents is 1. The summed E-state index contributed by atoms with van der Waals surface area (Å²) in [6, 6.07) is 5.16. The van der Waals surface area contributed by atoms with Crippen molar-refractivity contribution in [2.45, 2.75) is 13.1 Å². The van der Waals surface area contributed by atoms with Crippen LogP contribution in [-0.2, 0) is 6.18 Å². The van der Waals surface area contributed by atoms with Gasteiger partial charge in [0.25, 0.3) is 0 Å². The van der Waals surface area contributed by atoms with Gasteiger partial charge in [0, 0.05) is 11.6 Å². The van der Waals surface area contributed by atoms with Crippen LogP contribution in [0.2, 0.25) is 0 Å². The molecular formula is C16H11F3NO6-. The number of aromatic carboxylic acids is 1. The lowest BCUT2D eigenvalue weighted by Gasteiger charge is -2.14. The van der Waals surface area contributed by atoms with Crippen molar-refractivity contribution in [3.8, 4) is 17.2 Å². The average Bonchev–Trinajstić information content (AvgIpc) is 2.55. The van der Waals surface area contributed by atoms with E-state index in [1.807, 2.05) is 0 Å². The van der Waals surface area contributed by atoms with E-state index < -0.39 is 34.1 Å². The maximum absolute atomic E-state index is 12.7. The Kier molecular flexibility index (Phi) is 5.34. The fraction of sp³-hybridized carbons (Fsp3) is 0.188. The molecule has 7 nitrogen and oxygen atoms in total. The quantitative estimate of drug-likeness (QED) is 0.572. The van der Waals surface area contributed by atoms with Crippen LogP contribution in [0.15, 0.2) is 36.4 Å². The number of carbonyl (C=O) groups is 1. The number of alkyl halides is 3. The maximum atomic E-state index is 12.7. The van der Waals surface area contributed by atoms with Crippen LogP contribution < -0.4 is 14.6 Å². The molecule has 0 aliphatic rings. The zero-order chi connectivity index (χ0) is 19.5. The number of benzene rings is 2. The Morgan fingerprint density at radius 2 is 1.77 bits per heavy atom. The monoisotopic (exact) mass is 370 g/mol. The van der Waals surface area contributed by atoms with E-state index in [0.717, 1.165) is 24.3 Å². The first-order chi connectivity index (χ1) is 12.1. The molecule has 0 aromatic heterocycles. The zero-order valence-corrected chi connectivity index (χ0v) is 13.2. The third-order valence-electron chi connectivity index (χ3n) is 3.18. The predicted octanol–water partition coefficient (Wildman–Crippen LogP) is 3.17. The van der Waals surface area contributed by atoms with E-state index in [0.29, 0.717) is 12.1 Å². The van der Waals surface area contributed by atoms with Crippen LogP contribution in [0.4, 0.5) is 18.9 Å². The molecule has 0 radical (unpaired) electrons. The van der Waals surface area contributed by atoms with E-state index >= 15 is 0 Å². The molecule has 0 saturated heterocycles. The summed E-state index contributed by atoms with van der Waals surface area (Å²) in [4.78, 5) is 21.0. The second kappa shape index (κ2) is 7.30. The van der Waals surface area contributed by atoms with Crippen LogP contribution >= 0.6 is 0 Å². The second-order valence-electron chi connectivity index (χ2n) is 4.92. The molecule has 2 aromatic rings. The number of hydrogen-bond acceptors (Lipinski definition) is 6. The predicted molar refractivity (Wildman–Crippen MR) is 80.1 cm³/mol. The first-order valence-electron chi connectivity index (χ1n) is 7.15. The van der Waals surface area contributed by atoms with Crippen molar-refractivity contribution in [2.75, 3.05) is 6.61 Å². The molecule has 0 amide bonds. The van der Waals surface area contributed by atoms with Crippen LogP contribution in [0.25, 0.3) is 0 Å². The van der Waals surface area contributed by atoms with Crippen LogP contribution in [0, 0.1) is 10.1 Å². The van der Waals surface area contributed by atoms with Crippen LogP contribution in [-0.4, -0.2) is 17.5 Å². The molecule has 0 bridgehead atoms.